The molecule has 1 unspecified atom stereocenters. The molecule has 1 N–H and O–H groups in total. The first kappa shape index (κ1) is 23.5. The minimum atomic E-state index is -5.07. The summed E-state index contributed by atoms with van der Waals surface area (Å²) in [6, 6.07) is 11.7. The Labute approximate surface area is 200 Å². The molecule has 0 radical (unpaired) electrons. The number of alkyl halides is 6. The van der Waals surface area contributed by atoms with Crippen LogP contribution in [0.15, 0.2) is 48.5 Å². The lowest BCUT2D eigenvalue weighted by molar-refractivity contribution is -0.147. The highest BCUT2D eigenvalue weighted by atomic mass is 35.5. The van der Waals surface area contributed by atoms with E-state index >= 15 is 0 Å². The predicted molar refractivity (Wildman–Crippen MR) is 119 cm³/mol. The first-order chi connectivity index (χ1) is 16.4. The number of hydrogen-bond acceptors (Lipinski definition) is 3. The smallest absolute Gasteiger partial charge is 0.356 e. The first-order valence-electron chi connectivity index (χ1n) is 10.6. The van der Waals surface area contributed by atoms with Crippen LogP contribution < -0.4 is 4.90 Å². The molecule has 0 saturated carbocycles. The highest BCUT2D eigenvalue weighted by Gasteiger charge is 2.41. The van der Waals surface area contributed by atoms with Gasteiger partial charge in [-0.1, -0.05) is 41.4 Å². The minimum absolute atomic E-state index is 0.0648. The molecule has 0 spiro atoms. The van der Waals surface area contributed by atoms with Crippen molar-refractivity contribution >= 4 is 28.5 Å². The van der Waals surface area contributed by atoms with Crippen LogP contribution in [0.5, 0.6) is 0 Å². The van der Waals surface area contributed by atoms with Crippen molar-refractivity contribution in [3.05, 3.63) is 87.3 Å². The number of rotatable bonds is 2. The van der Waals surface area contributed by atoms with Crippen LogP contribution in [0.3, 0.4) is 0 Å². The molecule has 0 fully saturated rings. The average molecular weight is 511 g/mol. The van der Waals surface area contributed by atoms with Gasteiger partial charge < -0.3 is 9.88 Å². The van der Waals surface area contributed by atoms with Crippen molar-refractivity contribution in [1.29, 1.82) is 0 Å². The molecule has 35 heavy (non-hydrogen) atoms. The van der Waals surface area contributed by atoms with E-state index in [0.29, 0.717) is 22.7 Å². The van der Waals surface area contributed by atoms with Crippen molar-refractivity contribution in [3.8, 4) is 0 Å². The number of hydrogen-bond donors (Lipinski definition) is 1. The second-order valence-electron chi connectivity index (χ2n) is 8.40. The van der Waals surface area contributed by atoms with Crippen LogP contribution in [-0.2, 0) is 18.8 Å². The molecule has 0 bridgehead atoms. The maximum atomic E-state index is 13.5. The molecule has 5 rings (SSSR count). The van der Waals surface area contributed by atoms with Gasteiger partial charge in [0.25, 0.3) is 0 Å². The summed E-state index contributed by atoms with van der Waals surface area (Å²) in [5.74, 6) is -0.639. The van der Waals surface area contributed by atoms with Crippen molar-refractivity contribution in [3.63, 3.8) is 0 Å². The fraction of sp³-hybridized carbons (Fsp3) is 0.250. The second-order valence-corrected chi connectivity index (χ2v) is 8.83. The Morgan fingerprint density at radius 2 is 1.54 bits per heavy atom. The van der Waals surface area contributed by atoms with Gasteiger partial charge in [0.05, 0.1) is 6.04 Å². The van der Waals surface area contributed by atoms with Gasteiger partial charge in [-0.05, 0) is 48.7 Å². The van der Waals surface area contributed by atoms with Gasteiger partial charge in [0, 0.05) is 28.2 Å². The molecule has 0 amide bonds. The third kappa shape index (κ3) is 4.31. The number of aryl methyl sites for hydroxylation is 1. The number of nitrogens with one attached hydrogen (secondary N) is 1. The van der Waals surface area contributed by atoms with E-state index in [0.717, 1.165) is 22.0 Å². The Morgan fingerprint density at radius 1 is 0.914 bits per heavy atom. The van der Waals surface area contributed by atoms with Crippen molar-refractivity contribution < 1.29 is 26.3 Å². The summed E-state index contributed by atoms with van der Waals surface area (Å²) in [4.78, 5) is 11.7. The summed E-state index contributed by atoms with van der Waals surface area (Å²) in [5.41, 5.74) is 0.634. The molecule has 1 aliphatic rings. The molecule has 1 atom stereocenters. The molecule has 1 aliphatic heterocycles. The molecule has 11 heteroatoms. The number of fused-ring (bicyclic) bond motifs is 3. The van der Waals surface area contributed by atoms with E-state index in [4.69, 9.17) is 11.6 Å². The van der Waals surface area contributed by atoms with Crippen molar-refractivity contribution in [2.45, 2.75) is 31.7 Å². The summed E-state index contributed by atoms with van der Waals surface area (Å²) in [6.45, 7) is 1.98. The predicted octanol–water partition coefficient (Wildman–Crippen LogP) is 7.11. The number of halogens is 7. The number of aromatic nitrogens is 3. The van der Waals surface area contributed by atoms with Gasteiger partial charge in [-0.15, -0.1) is 0 Å². The van der Waals surface area contributed by atoms with Gasteiger partial charge in [0.2, 0.25) is 5.95 Å². The average Bonchev–Trinajstić information content (AvgIpc) is 3.15. The SMILES string of the molecule is Cc1ccc(C2c3[nH]c4ccc(Cl)cc4c3CCN2c2nc(C(F)(F)F)cc(C(F)(F)F)n2)cc1. The first-order valence-corrected chi connectivity index (χ1v) is 11.0. The Morgan fingerprint density at radius 3 is 2.14 bits per heavy atom. The number of benzene rings is 2. The summed E-state index contributed by atoms with van der Waals surface area (Å²) >= 11 is 6.18. The topological polar surface area (TPSA) is 44.8 Å². The van der Waals surface area contributed by atoms with Gasteiger partial charge in [0.1, 0.15) is 0 Å². The van der Waals surface area contributed by atoms with Crippen LogP contribution in [0.1, 0.15) is 39.8 Å². The summed E-state index contributed by atoms with van der Waals surface area (Å²) in [7, 11) is 0. The Kier molecular flexibility index (Phi) is 5.47. The van der Waals surface area contributed by atoms with E-state index in [1.165, 1.54) is 4.90 Å². The third-order valence-electron chi connectivity index (χ3n) is 6.03. The molecule has 2 aromatic carbocycles. The molecular weight excluding hydrogens is 494 g/mol. The molecular formula is C24H17ClF6N4. The van der Waals surface area contributed by atoms with Crippen molar-refractivity contribution in [1.82, 2.24) is 15.0 Å². The lowest BCUT2D eigenvalue weighted by Gasteiger charge is -2.36. The molecule has 4 nitrogen and oxygen atoms in total. The van der Waals surface area contributed by atoms with Crippen LogP contribution in [0.2, 0.25) is 5.02 Å². The molecule has 4 aromatic rings. The number of aromatic amines is 1. The largest absolute Gasteiger partial charge is 0.433 e. The summed E-state index contributed by atoms with van der Waals surface area (Å²) < 4.78 is 80.9. The lowest BCUT2D eigenvalue weighted by atomic mass is 9.92. The maximum absolute atomic E-state index is 13.5. The van der Waals surface area contributed by atoms with Crippen LogP contribution in [0.25, 0.3) is 10.9 Å². The van der Waals surface area contributed by atoms with Gasteiger partial charge in [-0.3, -0.25) is 0 Å². The number of anilines is 1. The maximum Gasteiger partial charge on any atom is 0.433 e. The minimum Gasteiger partial charge on any atom is -0.356 e. The van der Waals surface area contributed by atoms with Crippen molar-refractivity contribution in [2.24, 2.45) is 0 Å². The highest BCUT2D eigenvalue weighted by Crippen LogP contribution is 2.42. The van der Waals surface area contributed by atoms with E-state index < -0.39 is 35.7 Å². The molecule has 0 aliphatic carbocycles. The Bertz CT molecular complexity index is 1380. The monoisotopic (exact) mass is 510 g/mol. The molecule has 2 aromatic heterocycles. The zero-order valence-corrected chi connectivity index (χ0v) is 18.9. The lowest BCUT2D eigenvalue weighted by Crippen LogP contribution is -2.38. The van der Waals surface area contributed by atoms with E-state index in [1.54, 1.807) is 30.3 Å². The zero-order valence-electron chi connectivity index (χ0n) is 18.1. The van der Waals surface area contributed by atoms with Gasteiger partial charge in [-0.25, -0.2) is 9.97 Å². The Hall–Kier alpha value is -3.27. The van der Waals surface area contributed by atoms with Crippen LogP contribution in [-0.4, -0.2) is 21.5 Å². The van der Waals surface area contributed by atoms with E-state index in [2.05, 4.69) is 15.0 Å². The molecule has 182 valence electrons. The Balaban J connectivity index is 1.73. The molecule has 0 saturated heterocycles. The molecule has 3 heterocycles. The van der Waals surface area contributed by atoms with E-state index in [-0.39, 0.29) is 12.6 Å². The number of H-pyrrole nitrogens is 1. The van der Waals surface area contributed by atoms with Crippen molar-refractivity contribution in [2.75, 3.05) is 11.4 Å². The fourth-order valence-electron chi connectivity index (χ4n) is 4.42. The van der Waals surface area contributed by atoms with E-state index in [1.807, 2.05) is 19.1 Å². The number of nitrogens with zero attached hydrogens (tertiary/aromatic N) is 3. The quantitative estimate of drug-likeness (QED) is 0.292. The highest BCUT2D eigenvalue weighted by molar-refractivity contribution is 6.31. The standard InChI is InChI=1S/C24H17ClF6N4/c1-12-2-4-13(5-3-12)21-20-15(16-10-14(25)6-7-17(16)32-20)8-9-35(21)22-33-18(23(26,27)28)11-19(34-22)24(29,30)31/h2-7,10-11,21,32H,8-9H2,1H3. The zero-order chi connectivity index (χ0) is 25.1. The normalized spacial score (nSPS) is 16.6. The van der Waals surface area contributed by atoms with Crippen LogP contribution in [0, 0.1) is 6.92 Å². The third-order valence-corrected chi connectivity index (χ3v) is 6.27. The van der Waals surface area contributed by atoms with Crippen LogP contribution in [0.4, 0.5) is 32.3 Å². The summed E-state index contributed by atoms with van der Waals surface area (Å²) in [5, 5.41) is 1.37. The van der Waals surface area contributed by atoms with E-state index in [9.17, 15) is 26.3 Å². The van der Waals surface area contributed by atoms with Gasteiger partial charge in [0.15, 0.2) is 11.4 Å². The fourth-order valence-corrected chi connectivity index (χ4v) is 4.60. The summed E-state index contributed by atoms with van der Waals surface area (Å²) in [6.07, 6.45) is -9.80. The second kappa shape index (κ2) is 8.15. The van der Waals surface area contributed by atoms with Gasteiger partial charge >= 0.3 is 12.4 Å². The van der Waals surface area contributed by atoms with Gasteiger partial charge in [-0.2, -0.15) is 26.3 Å². The van der Waals surface area contributed by atoms with Crippen LogP contribution >= 0.6 is 11.6 Å².